The van der Waals surface area contributed by atoms with Gasteiger partial charge in [0.1, 0.15) is 0 Å². The molecule has 4 atom stereocenters. The number of aliphatic hydroxyl groups is 2. The highest BCUT2D eigenvalue weighted by Gasteiger charge is 2.38. The lowest BCUT2D eigenvalue weighted by Gasteiger charge is -2.13. The van der Waals surface area contributed by atoms with Crippen molar-refractivity contribution in [2.45, 2.75) is 24.3 Å². The summed E-state index contributed by atoms with van der Waals surface area (Å²) in [6.07, 6.45) is -1.57. The SMILES string of the molecule is NC[C@@H]1N[C@H](CN)[C@@H](O)[C@@H]1O. The van der Waals surface area contributed by atoms with Crippen LogP contribution in [0.1, 0.15) is 0 Å². The van der Waals surface area contributed by atoms with Crippen LogP contribution in [0, 0.1) is 0 Å². The molecule has 0 amide bonds. The average Bonchev–Trinajstić information content (AvgIpc) is 2.30. The lowest BCUT2D eigenvalue weighted by Crippen LogP contribution is -2.41. The lowest BCUT2D eigenvalue weighted by atomic mass is 10.1. The van der Waals surface area contributed by atoms with Crippen LogP contribution in [0.5, 0.6) is 0 Å². The molecule has 11 heavy (non-hydrogen) atoms. The minimum Gasteiger partial charge on any atom is -0.389 e. The number of nitrogens with one attached hydrogen (secondary N) is 1. The molecule has 1 heterocycles. The minimum absolute atomic E-state index is 0.224. The topological polar surface area (TPSA) is 105 Å². The van der Waals surface area contributed by atoms with Crippen molar-refractivity contribution >= 4 is 0 Å². The molecular formula is C6H15N3O2. The number of hydrogen-bond donors (Lipinski definition) is 5. The van der Waals surface area contributed by atoms with Crippen LogP contribution >= 0.6 is 0 Å². The fraction of sp³-hybridized carbons (Fsp3) is 1.00. The molecule has 0 aliphatic carbocycles. The summed E-state index contributed by atoms with van der Waals surface area (Å²) in [5.74, 6) is 0. The molecule has 1 saturated heterocycles. The zero-order valence-electron chi connectivity index (χ0n) is 6.27. The Bertz CT molecular complexity index is 115. The third-order valence-corrected chi connectivity index (χ3v) is 2.11. The van der Waals surface area contributed by atoms with Crippen LogP contribution < -0.4 is 16.8 Å². The third kappa shape index (κ3) is 1.52. The predicted molar refractivity (Wildman–Crippen MR) is 40.8 cm³/mol. The summed E-state index contributed by atoms with van der Waals surface area (Å²) < 4.78 is 0. The van der Waals surface area contributed by atoms with Crippen molar-refractivity contribution in [1.82, 2.24) is 5.32 Å². The summed E-state index contributed by atoms with van der Waals surface area (Å²) in [5.41, 5.74) is 10.7. The van der Waals surface area contributed by atoms with E-state index in [9.17, 15) is 10.2 Å². The number of hydrogen-bond acceptors (Lipinski definition) is 5. The van der Waals surface area contributed by atoms with Crippen molar-refractivity contribution < 1.29 is 10.2 Å². The van der Waals surface area contributed by atoms with E-state index in [1.165, 1.54) is 0 Å². The van der Waals surface area contributed by atoms with Crippen molar-refractivity contribution in [3.63, 3.8) is 0 Å². The first kappa shape index (κ1) is 8.89. The summed E-state index contributed by atoms with van der Waals surface area (Å²) in [5, 5.41) is 21.6. The number of rotatable bonds is 2. The molecule has 5 nitrogen and oxygen atoms in total. The second kappa shape index (κ2) is 3.46. The van der Waals surface area contributed by atoms with Crippen LogP contribution in [-0.4, -0.2) is 47.6 Å². The third-order valence-electron chi connectivity index (χ3n) is 2.11. The molecule has 0 radical (unpaired) electrons. The fourth-order valence-electron chi connectivity index (χ4n) is 1.36. The predicted octanol–water partition coefficient (Wildman–Crippen LogP) is -3.03. The first-order valence-corrected chi connectivity index (χ1v) is 3.73. The molecule has 0 bridgehead atoms. The van der Waals surface area contributed by atoms with Gasteiger partial charge >= 0.3 is 0 Å². The standard InChI is InChI=1S/C6H15N3O2/c7-1-3-5(10)6(11)4(2-8)9-3/h3-6,9-11H,1-2,7-8H2/t3-,4+,5-,6-/m1/s1. The molecular weight excluding hydrogens is 146 g/mol. The highest BCUT2D eigenvalue weighted by molar-refractivity contribution is 4.98. The summed E-state index contributed by atoms with van der Waals surface area (Å²) in [4.78, 5) is 0. The Morgan fingerprint density at radius 2 is 1.36 bits per heavy atom. The lowest BCUT2D eigenvalue weighted by molar-refractivity contribution is 0.0303. The molecule has 0 spiro atoms. The van der Waals surface area contributed by atoms with Gasteiger partial charge < -0.3 is 27.0 Å². The van der Waals surface area contributed by atoms with Crippen molar-refractivity contribution in [2.75, 3.05) is 13.1 Å². The van der Waals surface area contributed by atoms with E-state index < -0.39 is 12.2 Å². The average molecular weight is 161 g/mol. The summed E-state index contributed by atoms with van der Waals surface area (Å²) in [7, 11) is 0. The molecule has 0 aromatic carbocycles. The number of aliphatic hydroxyl groups excluding tert-OH is 2. The van der Waals surface area contributed by atoms with E-state index >= 15 is 0 Å². The van der Waals surface area contributed by atoms with Crippen LogP contribution in [0.2, 0.25) is 0 Å². The molecule has 0 unspecified atom stereocenters. The zero-order chi connectivity index (χ0) is 8.43. The molecule has 0 aromatic heterocycles. The van der Waals surface area contributed by atoms with Crippen LogP contribution in [0.4, 0.5) is 0 Å². The highest BCUT2D eigenvalue weighted by Crippen LogP contribution is 2.12. The van der Waals surface area contributed by atoms with Crippen LogP contribution in [0.3, 0.4) is 0 Å². The van der Waals surface area contributed by atoms with Crippen molar-refractivity contribution in [1.29, 1.82) is 0 Å². The molecule has 1 fully saturated rings. The molecule has 1 rings (SSSR count). The molecule has 5 heteroatoms. The van der Waals surface area contributed by atoms with Gasteiger partial charge in [0.2, 0.25) is 0 Å². The van der Waals surface area contributed by atoms with Crippen LogP contribution in [0.25, 0.3) is 0 Å². The first-order chi connectivity index (χ1) is 5.20. The Balaban J connectivity index is 2.53. The largest absolute Gasteiger partial charge is 0.389 e. The summed E-state index contributed by atoms with van der Waals surface area (Å²) >= 11 is 0. The van der Waals surface area contributed by atoms with Gasteiger partial charge in [0, 0.05) is 25.2 Å². The van der Waals surface area contributed by atoms with Crippen molar-refractivity contribution in [2.24, 2.45) is 11.5 Å². The Labute approximate surface area is 65.4 Å². The van der Waals surface area contributed by atoms with E-state index in [2.05, 4.69) is 5.32 Å². The van der Waals surface area contributed by atoms with Gasteiger partial charge in [0.15, 0.2) is 0 Å². The van der Waals surface area contributed by atoms with Gasteiger partial charge in [0.05, 0.1) is 12.2 Å². The van der Waals surface area contributed by atoms with Crippen LogP contribution in [-0.2, 0) is 0 Å². The smallest absolute Gasteiger partial charge is 0.0979 e. The van der Waals surface area contributed by atoms with Crippen molar-refractivity contribution in [3.05, 3.63) is 0 Å². The number of nitrogens with two attached hydrogens (primary N) is 2. The van der Waals surface area contributed by atoms with Gasteiger partial charge in [-0.15, -0.1) is 0 Å². The maximum atomic E-state index is 9.31. The monoisotopic (exact) mass is 161 g/mol. The zero-order valence-corrected chi connectivity index (χ0v) is 6.27. The fourth-order valence-corrected chi connectivity index (χ4v) is 1.36. The van der Waals surface area contributed by atoms with E-state index in [1.807, 2.05) is 0 Å². The molecule has 0 aromatic rings. The van der Waals surface area contributed by atoms with Gasteiger partial charge in [-0.25, -0.2) is 0 Å². The van der Waals surface area contributed by atoms with E-state index in [-0.39, 0.29) is 12.1 Å². The van der Waals surface area contributed by atoms with Gasteiger partial charge in [-0.2, -0.15) is 0 Å². The van der Waals surface area contributed by atoms with E-state index in [0.29, 0.717) is 13.1 Å². The van der Waals surface area contributed by atoms with Crippen LogP contribution in [0.15, 0.2) is 0 Å². The van der Waals surface area contributed by atoms with E-state index in [1.54, 1.807) is 0 Å². The molecule has 1 aliphatic rings. The highest BCUT2D eigenvalue weighted by atomic mass is 16.3. The Hall–Kier alpha value is -0.200. The van der Waals surface area contributed by atoms with Crippen molar-refractivity contribution in [3.8, 4) is 0 Å². The molecule has 0 saturated carbocycles. The maximum Gasteiger partial charge on any atom is 0.0979 e. The summed E-state index contributed by atoms with van der Waals surface area (Å²) in [6, 6.07) is -0.447. The Morgan fingerprint density at radius 1 is 1.00 bits per heavy atom. The molecule has 7 N–H and O–H groups in total. The normalized spacial score (nSPS) is 44.7. The Kier molecular flexibility index (Phi) is 2.80. The maximum absolute atomic E-state index is 9.31. The second-order valence-corrected chi connectivity index (χ2v) is 2.83. The molecule has 66 valence electrons. The van der Waals surface area contributed by atoms with E-state index in [0.717, 1.165) is 0 Å². The Morgan fingerprint density at radius 3 is 1.55 bits per heavy atom. The van der Waals surface area contributed by atoms with Gasteiger partial charge in [-0.05, 0) is 0 Å². The van der Waals surface area contributed by atoms with E-state index in [4.69, 9.17) is 11.5 Å². The minimum atomic E-state index is -0.784. The molecule has 1 aliphatic heterocycles. The first-order valence-electron chi connectivity index (χ1n) is 3.73. The van der Waals surface area contributed by atoms with Gasteiger partial charge in [-0.1, -0.05) is 0 Å². The second-order valence-electron chi connectivity index (χ2n) is 2.83. The summed E-state index contributed by atoms with van der Waals surface area (Å²) in [6.45, 7) is 0.628. The van der Waals surface area contributed by atoms with Gasteiger partial charge in [0.25, 0.3) is 0 Å². The quantitative estimate of drug-likeness (QED) is 0.296. The van der Waals surface area contributed by atoms with Gasteiger partial charge in [-0.3, -0.25) is 0 Å².